The second kappa shape index (κ2) is 5.12. The Morgan fingerprint density at radius 2 is 1.52 bits per heavy atom. The van der Waals surface area contributed by atoms with Gasteiger partial charge in [-0.3, -0.25) is 0 Å². The topological polar surface area (TPSA) is 22.9 Å². The summed E-state index contributed by atoms with van der Waals surface area (Å²) in [5, 5.41) is 0. The summed E-state index contributed by atoms with van der Waals surface area (Å²) in [5.41, 5.74) is 1.35. The third-order valence-corrected chi connectivity index (χ3v) is 4.71. The number of rotatable bonds is 2. The molecule has 1 fully saturated rings. The van der Waals surface area contributed by atoms with Crippen molar-refractivity contribution < 1.29 is 14.1 Å². The van der Waals surface area contributed by atoms with E-state index in [-0.39, 0.29) is 0 Å². The first-order valence-electron chi connectivity index (χ1n) is 7.88. The zero-order chi connectivity index (χ0) is 14.1. The standard InChI is InChI=1S/C17H20BNO2/c1-2-8-15(9-3-1)14-19-13-7-6-12-18(19)20-16-10-4-5-11-17(16)21-18/h1-5,8-11,19H,6-7,12-14H2. The maximum atomic E-state index is 6.32. The van der Waals surface area contributed by atoms with Gasteiger partial charge in [0.2, 0.25) is 0 Å². The fraction of sp³-hybridized carbons (Fsp3) is 0.294. The summed E-state index contributed by atoms with van der Waals surface area (Å²) in [6, 6.07) is 18.7. The lowest BCUT2D eigenvalue weighted by atomic mass is 9.61. The maximum absolute atomic E-state index is 6.32. The molecule has 2 aromatic carbocycles. The third-order valence-electron chi connectivity index (χ3n) is 4.71. The third kappa shape index (κ3) is 2.30. The molecule has 0 aromatic heterocycles. The van der Waals surface area contributed by atoms with Gasteiger partial charge in [0.15, 0.2) is 0 Å². The molecule has 0 saturated carbocycles. The van der Waals surface area contributed by atoms with Gasteiger partial charge in [0.05, 0.1) is 6.54 Å². The number of hydrogen-bond acceptors (Lipinski definition) is 2. The van der Waals surface area contributed by atoms with Gasteiger partial charge in [0, 0.05) is 12.1 Å². The van der Waals surface area contributed by atoms with Gasteiger partial charge >= 0.3 is 6.69 Å². The Balaban J connectivity index is 1.61. The Morgan fingerprint density at radius 1 is 0.857 bits per heavy atom. The van der Waals surface area contributed by atoms with Gasteiger partial charge in [-0.2, -0.15) is 0 Å². The Labute approximate surface area is 125 Å². The van der Waals surface area contributed by atoms with Gasteiger partial charge in [-0.05, 0) is 24.9 Å². The molecule has 0 bridgehead atoms. The van der Waals surface area contributed by atoms with Crippen molar-refractivity contribution in [2.45, 2.75) is 25.7 Å². The Bertz CT molecular complexity index is 607. The van der Waals surface area contributed by atoms with Crippen LogP contribution in [0.25, 0.3) is 0 Å². The van der Waals surface area contributed by atoms with E-state index in [9.17, 15) is 0 Å². The number of benzene rings is 2. The fourth-order valence-electron chi connectivity index (χ4n) is 3.65. The number of para-hydroxylation sites is 2. The zero-order valence-corrected chi connectivity index (χ0v) is 12.1. The molecule has 2 aliphatic rings. The molecule has 2 aliphatic heterocycles. The van der Waals surface area contributed by atoms with Gasteiger partial charge in [-0.1, -0.05) is 48.9 Å². The van der Waals surface area contributed by atoms with E-state index in [1.54, 1.807) is 0 Å². The quantitative estimate of drug-likeness (QED) is 0.853. The fourth-order valence-corrected chi connectivity index (χ4v) is 3.65. The van der Waals surface area contributed by atoms with E-state index in [1.165, 1.54) is 23.2 Å². The van der Waals surface area contributed by atoms with Crippen molar-refractivity contribution in [3.05, 3.63) is 60.2 Å². The van der Waals surface area contributed by atoms with Crippen LogP contribution in [-0.4, -0.2) is 13.2 Å². The maximum Gasteiger partial charge on any atom is 0.578 e. The van der Waals surface area contributed by atoms with Crippen LogP contribution in [-0.2, 0) is 6.54 Å². The Kier molecular flexibility index (Phi) is 3.11. The summed E-state index contributed by atoms with van der Waals surface area (Å²) >= 11 is 0. The first-order valence-corrected chi connectivity index (χ1v) is 7.88. The number of nitrogens with one attached hydrogen (secondary N) is 1. The van der Waals surface area contributed by atoms with Crippen molar-refractivity contribution in [1.82, 2.24) is 0 Å². The molecular formula is C17H20BNO2. The number of hydrogen-bond donors (Lipinski definition) is 1. The Morgan fingerprint density at radius 3 is 2.24 bits per heavy atom. The van der Waals surface area contributed by atoms with Gasteiger partial charge < -0.3 is 14.1 Å². The highest BCUT2D eigenvalue weighted by Crippen LogP contribution is 2.37. The summed E-state index contributed by atoms with van der Waals surface area (Å²) < 4.78 is 12.6. The molecule has 21 heavy (non-hydrogen) atoms. The van der Waals surface area contributed by atoms with Crippen molar-refractivity contribution in [1.29, 1.82) is 0 Å². The highest BCUT2D eigenvalue weighted by Gasteiger charge is 2.51. The molecule has 0 aliphatic carbocycles. The second-order valence-electron chi connectivity index (χ2n) is 6.12. The van der Waals surface area contributed by atoms with Crippen LogP contribution in [0.2, 0.25) is 6.32 Å². The van der Waals surface area contributed by atoms with E-state index < -0.39 is 6.69 Å². The smallest absolute Gasteiger partial charge is 0.578 e. The van der Waals surface area contributed by atoms with Crippen molar-refractivity contribution in [2.75, 3.05) is 6.54 Å². The summed E-state index contributed by atoms with van der Waals surface area (Å²) in [5.74, 6) is 1.81. The molecule has 4 rings (SSSR count). The van der Waals surface area contributed by atoms with Crippen LogP contribution in [0, 0.1) is 0 Å². The minimum atomic E-state index is -1.29. The van der Waals surface area contributed by atoms with Crippen LogP contribution in [0.4, 0.5) is 0 Å². The van der Waals surface area contributed by atoms with E-state index in [0.717, 1.165) is 30.9 Å². The molecule has 1 spiro atoms. The molecule has 0 amide bonds. The van der Waals surface area contributed by atoms with E-state index in [2.05, 4.69) is 30.3 Å². The Hall–Kier alpha value is -1.94. The normalized spacial score (nSPS) is 22.4. The molecule has 4 heteroatoms. The molecule has 3 nitrogen and oxygen atoms in total. The van der Waals surface area contributed by atoms with Gasteiger partial charge in [-0.15, -0.1) is 0 Å². The molecule has 1 N–H and O–H groups in total. The van der Waals surface area contributed by atoms with Gasteiger partial charge in [0.25, 0.3) is 0 Å². The highest BCUT2D eigenvalue weighted by molar-refractivity contribution is 6.61. The largest absolute Gasteiger partial charge is 0.628 e. The first-order chi connectivity index (χ1) is 10.4. The highest BCUT2D eigenvalue weighted by atomic mass is 16.7. The van der Waals surface area contributed by atoms with Crippen molar-refractivity contribution in [3.8, 4) is 11.5 Å². The number of quaternary nitrogens is 1. The number of fused-ring (bicyclic) bond motifs is 1. The van der Waals surface area contributed by atoms with Crippen LogP contribution < -0.4 is 14.1 Å². The molecule has 0 radical (unpaired) electrons. The minimum Gasteiger partial charge on any atom is -0.628 e. The van der Waals surface area contributed by atoms with E-state index in [0.29, 0.717) is 0 Å². The van der Waals surface area contributed by atoms with Crippen LogP contribution >= 0.6 is 0 Å². The molecule has 1 unspecified atom stereocenters. The lowest BCUT2D eigenvalue weighted by molar-refractivity contribution is -0.830. The van der Waals surface area contributed by atoms with Crippen LogP contribution in [0.3, 0.4) is 0 Å². The lowest BCUT2D eigenvalue weighted by Crippen LogP contribution is -3.24. The predicted octanol–water partition coefficient (Wildman–Crippen LogP) is 2.28. The SMILES string of the molecule is c1ccc(C[NH+]2CCCC[B-]23Oc2ccccc2O3)cc1. The summed E-state index contributed by atoms with van der Waals surface area (Å²) in [4.78, 5) is 1.43. The summed E-state index contributed by atoms with van der Waals surface area (Å²) in [6.07, 6.45) is 3.44. The van der Waals surface area contributed by atoms with Crippen LogP contribution in [0.1, 0.15) is 18.4 Å². The van der Waals surface area contributed by atoms with Gasteiger partial charge in [0.1, 0.15) is 11.5 Å². The van der Waals surface area contributed by atoms with Crippen molar-refractivity contribution in [3.63, 3.8) is 0 Å². The lowest BCUT2D eigenvalue weighted by Gasteiger charge is -2.44. The van der Waals surface area contributed by atoms with Crippen LogP contribution in [0.15, 0.2) is 54.6 Å². The monoisotopic (exact) mass is 281 g/mol. The molecule has 1 atom stereocenters. The van der Waals surface area contributed by atoms with E-state index in [4.69, 9.17) is 9.31 Å². The summed E-state index contributed by atoms with van der Waals surface area (Å²) in [7, 11) is 0. The first kappa shape index (κ1) is 12.8. The summed E-state index contributed by atoms with van der Waals surface area (Å²) in [6.45, 7) is 0.791. The van der Waals surface area contributed by atoms with E-state index >= 15 is 0 Å². The molecular weight excluding hydrogens is 261 g/mol. The average molecular weight is 281 g/mol. The molecule has 108 valence electrons. The van der Waals surface area contributed by atoms with Gasteiger partial charge in [-0.25, -0.2) is 0 Å². The average Bonchev–Trinajstić information content (AvgIpc) is 2.89. The minimum absolute atomic E-state index is 0.907. The van der Waals surface area contributed by atoms with Crippen LogP contribution in [0.5, 0.6) is 11.5 Å². The molecule has 2 heterocycles. The van der Waals surface area contributed by atoms with E-state index in [1.807, 2.05) is 24.3 Å². The van der Waals surface area contributed by atoms with Crippen molar-refractivity contribution in [2.24, 2.45) is 0 Å². The second-order valence-corrected chi connectivity index (χ2v) is 6.12. The predicted molar refractivity (Wildman–Crippen MR) is 83.5 cm³/mol. The van der Waals surface area contributed by atoms with Crippen molar-refractivity contribution >= 4 is 6.69 Å². The molecule has 1 saturated heterocycles. The zero-order valence-electron chi connectivity index (χ0n) is 12.1. The molecule has 2 aromatic rings.